The van der Waals surface area contributed by atoms with Crippen LogP contribution in [-0.2, 0) is 20.9 Å². The predicted octanol–water partition coefficient (Wildman–Crippen LogP) is 4.47. The fourth-order valence-corrected chi connectivity index (χ4v) is 5.92. The first kappa shape index (κ1) is 27.1. The molecule has 1 aliphatic carbocycles. The normalized spacial score (nSPS) is 22.3. The lowest BCUT2D eigenvalue weighted by Gasteiger charge is -2.28. The molecule has 2 aliphatic rings. The zero-order chi connectivity index (χ0) is 28.3. The number of carbonyl (C=O) groups excluding carboxylic acids is 3. The Hall–Kier alpha value is -3.46. The van der Waals surface area contributed by atoms with Gasteiger partial charge < -0.3 is 9.64 Å². The number of carbonyl (C=O) groups is 3. The molecule has 3 atom stereocenters. The van der Waals surface area contributed by atoms with Crippen LogP contribution in [0.25, 0.3) is 22.0 Å². The Kier molecular flexibility index (Phi) is 6.69. The number of ketones is 2. The highest BCUT2D eigenvalue weighted by atomic mass is 16.5. The summed E-state index contributed by atoms with van der Waals surface area (Å²) in [4.78, 5) is 50.1. The first-order chi connectivity index (χ1) is 18.3. The number of aryl methyl sites for hydroxylation is 2. The molecule has 1 saturated carbocycles. The summed E-state index contributed by atoms with van der Waals surface area (Å²) in [6.07, 6.45) is 6.08. The van der Waals surface area contributed by atoms with Crippen molar-refractivity contribution in [2.75, 3.05) is 7.11 Å². The molecule has 206 valence electrons. The monoisotopic (exact) mass is 531 g/mol. The first-order valence-corrected chi connectivity index (χ1v) is 13.5. The quantitative estimate of drug-likeness (QED) is 0.375. The summed E-state index contributed by atoms with van der Waals surface area (Å²) in [7, 11) is 1.65. The number of Topliss-reactive ketones (excluding diaryl/α,β-unsaturated/α-hetero) is 2. The average Bonchev–Trinajstić information content (AvgIpc) is 3.24. The summed E-state index contributed by atoms with van der Waals surface area (Å²) < 4.78 is 7.12. The number of rotatable bonds is 9. The molecule has 5 rings (SSSR count). The number of benzene rings is 1. The van der Waals surface area contributed by atoms with E-state index >= 15 is 0 Å². The van der Waals surface area contributed by atoms with Crippen LogP contribution in [0, 0.1) is 19.3 Å². The number of nitrogens with zero attached hydrogens (tertiary/aromatic N) is 5. The molecule has 0 spiro atoms. The van der Waals surface area contributed by atoms with E-state index in [1.807, 2.05) is 39.8 Å². The summed E-state index contributed by atoms with van der Waals surface area (Å²) in [6.45, 7) is 11.3. The molecule has 1 saturated heterocycles. The highest BCUT2D eigenvalue weighted by Gasteiger charge is 2.64. The fourth-order valence-electron chi connectivity index (χ4n) is 5.92. The number of fused-ring (bicyclic) bond motifs is 2. The topological polar surface area (TPSA) is 107 Å². The van der Waals surface area contributed by atoms with Gasteiger partial charge in [0.2, 0.25) is 5.91 Å². The molecule has 2 aromatic heterocycles. The van der Waals surface area contributed by atoms with Crippen LogP contribution in [0.15, 0.2) is 24.5 Å². The van der Waals surface area contributed by atoms with Gasteiger partial charge >= 0.3 is 0 Å². The maximum atomic E-state index is 13.8. The fraction of sp³-hybridized carbons (Fsp3) is 0.533. The second kappa shape index (κ2) is 9.62. The molecule has 1 aliphatic heterocycles. The molecule has 3 heterocycles. The van der Waals surface area contributed by atoms with Gasteiger partial charge in [-0.25, -0.2) is 9.97 Å². The maximum Gasteiger partial charge on any atom is 0.245 e. The summed E-state index contributed by atoms with van der Waals surface area (Å²) in [5, 5.41) is 5.29. The third-order valence-electron chi connectivity index (χ3n) is 8.59. The minimum absolute atomic E-state index is 0.00951. The molecule has 0 bridgehead atoms. The van der Waals surface area contributed by atoms with Gasteiger partial charge in [-0.15, -0.1) is 0 Å². The van der Waals surface area contributed by atoms with Crippen LogP contribution < -0.4 is 0 Å². The van der Waals surface area contributed by atoms with Gasteiger partial charge in [0.15, 0.2) is 11.6 Å². The zero-order valence-electron chi connectivity index (χ0n) is 23.9. The van der Waals surface area contributed by atoms with Gasteiger partial charge in [0.05, 0.1) is 17.2 Å². The maximum absolute atomic E-state index is 13.8. The van der Waals surface area contributed by atoms with Crippen LogP contribution in [0.2, 0.25) is 0 Å². The Balaban J connectivity index is 1.45. The summed E-state index contributed by atoms with van der Waals surface area (Å²) in [6, 6.07) is 3.55. The molecular formula is C30H37N5O4. The number of aromatic nitrogens is 4. The Morgan fingerprint density at radius 2 is 1.79 bits per heavy atom. The van der Waals surface area contributed by atoms with Crippen molar-refractivity contribution >= 4 is 28.4 Å². The lowest BCUT2D eigenvalue weighted by atomic mass is 9.93. The molecule has 3 aromatic rings. The van der Waals surface area contributed by atoms with E-state index in [1.165, 1.54) is 6.92 Å². The molecular weight excluding hydrogens is 494 g/mol. The lowest BCUT2D eigenvalue weighted by molar-refractivity contribution is -0.139. The van der Waals surface area contributed by atoms with E-state index in [0.29, 0.717) is 36.2 Å². The van der Waals surface area contributed by atoms with Crippen molar-refractivity contribution in [1.29, 1.82) is 0 Å². The van der Waals surface area contributed by atoms with Crippen LogP contribution in [0.1, 0.15) is 75.3 Å². The number of methoxy groups -OCH3 is 1. The number of hydrogen-bond acceptors (Lipinski definition) is 7. The second-order valence-electron chi connectivity index (χ2n) is 12.1. The van der Waals surface area contributed by atoms with E-state index in [-0.39, 0.29) is 35.5 Å². The Bertz CT molecular complexity index is 1470. The predicted molar refractivity (Wildman–Crippen MR) is 147 cm³/mol. The van der Waals surface area contributed by atoms with Gasteiger partial charge in [0.25, 0.3) is 0 Å². The largest absolute Gasteiger partial charge is 0.379 e. The van der Waals surface area contributed by atoms with Gasteiger partial charge in [-0.2, -0.15) is 5.10 Å². The number of piperidine rings is 1. The molecule has 1 unspecified atom stereocenters. The van der Waals surface area contributed by atoms with Gasteiger partial charge in [-0.3, -0.25) is 19.1 Å². The molecule has 2 fully saturated rings. The van der Waals surface area contributed by atoms with Gasteiger partial charge in [0, 0.05) is 49.8 Å². The lowest BCUT2D eigenvalue weighted by Crippen LogP contribution is -2.45. The molecule has 0 radical (unpaired) electrons. The molecule has 1 aromatic carbocycles. The van der Waals surface area contributed by atoms with Crippen molar-refractivity contribution in [2.45, 2.75) is 91.5 Å². The highest BCUT2D eigenvalue weighted by Crippen LogP contribution is 2.59. The van der Waals surface area contributed by atoms with E-state index in [2.05, 4.69) is 22.0 Å². The van der Waals surface area contributed by atoms with Crippen molar-refractivity contribution in [2.24, 2.45) is 5.41 Å². The van der Waals surface area contributed by atoms with Gasteiger partial charge in [-0.05, 0) is 75.6 Å². The Labute approximate surface area is 228 Å². The smallest absolute Gasteiger partial charge is 0.245 e. The molecule has 9 heteroatoms. The van der Waals surface area contributed by atoms with Crippen LogP contribution in [-0.4, -0.2) is 66.9 Å². The van der Waals surface area contributed by atoms with Crippen LogP contribution in [0.5, 0.6) is 0 Å². The van der Waals surface area contributed by atoms with Gasteiger partial charge in [-0.1, -0.05) is 6.92 Å². The minimum Gasteiger partial charge on any atom is -0.379 e. The molecule has 1 amide bonds. The summed E-state index contributed by atoms with van der Waals surface area (Å²) in [5.74, 6) is 0.450. The summed E-state index contributed by atoms with van der Waals surface area (Å²) in [5.41, 5.74) is 3.27. The van der Waals surface area contributed by atoms with Crippen LogP contribution in [0.4, 0.5) is 0 Å². The Morgan fingerprint density at radius 1 is 1.10 bits per heavy atom. The first-order valence-electron chi connectivity index (χ1n) is 13.5. The number of amides is 1. The third kappa shape index (κ3) is 5.00. The van der Waals surface area contributed by atoms with E-state index < -0.39 is 11.6 Å². The van der Waals surface area contributed by atoms with E-state index in [1.54, 1.807) is 29.1 Å². The Morgan fingerprint density at radius 3 is 2.44 bits per heavy atom. The van der Waals surface area contributed by atoms with Crippen LogP contribution in [0.3, 0.4) is 0 Å². The van der Waals surface area contributed by atoms with E-state index in [4.69, 9.17) is 4.74 Å². The third-order valence-corrected chi connectivity index (χ3v) is 8.59. The highest BCUT2D eigenvalue weighted by molar-refractivity contribution is 6.07. The van der Waals surface area contributed by atoms with Crippen molar-refractivity contribution in [3.8, 4) is 11.1 Å². The van der Waals surface area contributed by atoms with Crippen LogP contribution >= 0.6 is 0 Å². The standard InChI is InChI=1S/C30H37N5O4/c1-17-10-20(21-14-31-19(3)32-15-21)11-22-27(18(2)36)33-34(28(17)22)16-26(38)35-23(12-30(6)13-25(30)35)24(37)8-9-29(4,5)39-7/h10-11,14-15,23,25H,8-9,12-13,16H2,1-7H3/t23-,25?,30-/m0/s1. The van der Waals surface area contributed by atoms with Crippen molar-refractivity contribution in [1.82, 2.24) is 24.6 Å². The van der Waals surface area contributed by atoms with Crippen molar-refractivity contribution in [3.05, 3.63) is 41.6 Å². The zero-order valence-corrected chi connectivity index (χ0v) is 23.9. The molecule has 9 nitrogen and oxygen atoms in total. The van der Waals surface area contributed by atoms with Gasteiger partial charge in [0.1, 0.15) is 18.1 Å². The van der Waals surface area contributed by atoms with Crippen molar-refractivity contribution in [3.63, 3.8) is 0 Å². The number of ether oxygens (including phenoxy) is 1. The van der Waals surface area contributed by atoms with E-state index in [0.717, 1.165) is 28.6 Å². The average molecular weight is 532 g/mol. The molecule has 39 heavy (non-hydrogen) atoms. The number of likely N-dealkylation sites (tertiary alicyclic amines) is 1. The molecule has 0 N–H and O–H groups in total. The number of hydrogen-bond donors (Lipinski definition) is 0. The van der Waals surface area contributed by atoms with Crippen molar-refractivity contribution < 1.29 is 19.1 Å². The second-order valence-corrected chi connectivity index (χ2v) is 12.1. The van der Waals surface area contributed by atoms with E-state index in [9.17, 15) is 14.4 Å². The SMILES string of the molecule is COC(C)(C)CCC(=O)[C@@H]1C[C@@]2(C)CC2N1C(=O)Cn1nc(C(C)=O)c2cc(-c3cnc(C)nc3)cc(C)c21. The summed E-state index contributed by atoms with van der Waals surface area (Å²) >= 11 is 0. The minimum atomic E-state index is -0.433.